The largest absolute Gasteiger partial charge is 0.490 e. The summed E-state index contributed by atoms with van der Waals surface area (Å²) in [6.07, 6.45) is 2.15. The first-order valence-corrected chi connectivity index (χ1v) is 3.88. The van der Waals surface area contributed by atoms with Crippen LogP contribution in [0.25, 0.3) is 0 Å². The van der Waals surface area contributed by atoms with Crippen LogP contribution < -0.4 is 0 Å². The van der Waals surface area contributed by atoms with Gasteiger partial charge in [-0.3, -0.25) is 0 Å². The second-order valence-electron chi connectivity index (χ2n) is 3.03. The highest BCUT2D eigenvalue weighted by atomic mass is 16.6. The minimum Gasteiger partial charge on any atom is -0.396 e. The first-order valence-electron chi connectivity index (χ1n) is 3.88. The smallest absolute Gasteiger partial charge is 0.396 e. The molecule has 1 fully saturated rings. The van der Waals surface area contributed by atoms with E-state index in [1.165, 1.54) is 11.0 Å². The molecule has 1 heterocycles. The average Bonchev–Trinajstić information content (AvgIpc) is 2.73. The Bertz CT molecular complexity index is 336. The van der Waals surface area contributed by atoms with Crippen LogP contribution in [0.2, 0.25) is 0 Å². The lowest BCUT2D eigenvalue weighted by Crippen LogP contribution is -2.00. The second kappa shape index (κ2) is 2.77. The van der Waals surface area contributed by atoms with Crippen molar-refractivity contribution < 1.29 is 10.0 Å². The van der Waals surface area contributed by atoms with Gasteiger partial charge in [0, 0.05) is 17.6 Å². The van der Waals surface area contributed by atoms with Crippen LogP contribution in [-0.2, 0) is 0 Å². The first kappa shape index (κ1) is 8.11. The quantitative estimate of drug-likeness (QED) is 0.515. The van der Waals surface area contributed by atoms with Crippen LogP contribution in [0.1, 0.15) is 12.5 Å². The van der Waals surface area contributed by atoms with Gasteiger partial charge < -0.3 is 15.2 Å². The van der Waals surface area contributed by atoms with E-state index < -0.39 is 4.92 Å². The van der Waals surface area contributed by atoms with Crippen molar-refractivity contribution in [1.29, 1.82) is 0 Å². The van der Waals surface area contributed by atoms with Gasteiger partial charge in [-0.25, -0.2) is 0 Å². The van der Waals surface area contributed by atoms with Crippen LogP contribution in [0.4, 0.5) is 5.95 Å². The Morgan fingerprint density at radius 1 is 1.85 bits per heavy atom. The van der Waals surface area contributed by atoms with E-state index in [4.69, 9.17) is 5.11 Å². The molecule has 13 heavy (non-hydrogen) atoms. The van der Waals surface area contributed by atoms with E-state index in [9.17, 15) is 10.1 Å². The number of nitrogens with zero attached hydrogens (tertiary/aromatic N) is 4. The van der Waals surface area contributed by atoms with Crippen molar-refractivity contribution in [2.75, 3.05) is 6.61 Å². The van der Waals surface area contributed by atoms with Gasteiger partial charge in [0.05, 0.1) is 6.04 Å². The van der Waals surface area contributed by atoms with E-state index in [-0.39, 0.29) is 24.5 Å². The fourth-order valence-electron chi connectivity index (χ4n) is 1.26. The molecule has 1 aromatic rings. The van der Waals surface area contributed by atoms with Gasteiger partial charge in [-0.1, -0.05) is 4.98 Å². The number of aromatic nitrogens is 3. The summed E-state index contributed by atoms with van der Waals surface area (Å²) in [5, 5.41) is 22.6. The number of hydrogen-bond donors (Lipinski definition) is 1. The van der Waals surface area contributed by atoms with Crippen LogP contribution in [-0.4, -0.2) is 31.4 Å². The molecule has 0 saturated heterocycles. The lowest BCUT2D eigenvalue weighted by molar-refractivity contribution is -0.394. The summed E-state index contributed by atoms with van der Waals surface area (Å²) in [6, 6.07) is 0.0891. The predicted octanol–water partition coefficient (Wildman–Crippen LogP) is -0.260. The maximum Gasteiger partial charge on any atom is 0.490 e. The minimum absolute atomic E-state index is 0.0891. The van der Waals surface area contributed by atoms with Crippen LogP contribution in [0.3, 0.4) is 0 Å². The Morgan fingerprint density at radius 2 is 2.62 bits per heavy atom. The highest BCUT2D eigenvalue weighted by Gasteiger charge is 2.41. The summed E-state index contributed by atoms with van der Waals surface area (Å²) in [4.78, 5) is 13.1. The zero-order chi connectivity index (χ0) is 9.42. The fraction of sp³-hybridized carbons (Fsp3) is 0.667. The topological polar surface area (TPSA) is 94.1 Å². The molecule has 7 heteroatoms. The normalized spacial score (nSPS) is 25.9. The van der Waals surface area contributed by atoms with Crippen LogP contribution in [0.15, 0.2) is 6.33 Å². The summed E-state index contributed by atoms with van der Waals surface area (Å²) in [7, 11) is 0. The lowest BCUT2D eigenvalue weighted by Gasteiger charge is -1.90. The minimum atomic E-state index is -0.632. The van der Waals surface area contributed by atoms with Crippen LogP contribution >= 0.6 is 0 Å². The Kier molecular flexibility index (Phi) is 1.73. The molecule has 0 bridgehead atoms. The van der Waals surface area contributed by atoms with Gasteiger partial charge in [0.15, 0.2) is 0 Å². The summed E-state index contributed by atoms with van der Waals surface area (Å²) in [6.45, 7) is 0.0956. The summed E-state index contributed by atoms with van der Waals surface area (Å²) in [5.74, 6) is -0.204. The van der Waals surface area contributed by atoms with E-state index in [1.807, 2.05) is 0 Å². The molecule has 1 aliphatic rings. The SMILES string of the molecule is O=[N+]([O-])c1ncn(C2CC2CO)n1. The Balaban J connectivity index is 2.11. The lowest BCUT2D eigenvalue weighted by atomic mass is 10.4. The van der Waals surface area contributed by atoms with Crippen molar-refractivity contribution in [1.82, 2.24) is 14.8 Å². The Hall–Kier alpha value is -1.50. The molecule has 0 aromatic carbocycles. The number of aliphatic hydroxyl groups is 1. The van der Waals surface area contributed by atoms with Crippen molar-refractivity contribution in [3.05, 3.63) is 16.4 Å². The van der Waals surface area contributed by atoms with Crippen LogP contribution in [0, 0.1) is 16.0 Å². The zero-order valence-corrected chi connectivity index (χ0v) is 6.70. The van der Waals surface area contributed by atoms with Crippen molar-refractivity contribution in [3.63, 3.8) is 0 Å². The molecular formula is C6H8N4O3. The monoisotopic (exact) mass is 184 g/mol. The van der Waals surface area contributed by atoms with Gasteiger partial charge in [0.1, 0.15) is 0 Å². The Morgan fingerprint density at radius 3 is 3.08 bits per heavy atom. The molecule has 1 aliphatic carbocycles. The molecule has 2 atom stereocenters. The standard InChI is InChI=1S/C6H8N4O3/c11-2-4-1-5(4)9-3-7-6(8-9)10(12)13/h3-5,11H,1-2H2. The van der Waals surface area contributed by atoms with Gasteiger partial charge >= 0.3 is 5.95 Å². The molecule has 1 N–H and O–H groups in total. The van der Waals surface area contributed by atoms with Gasteiger partial charge in [-0.15, -0.1) is 0 Å². The number of nitro groups is 1. The number of hydrogen-bond acceptors (Lipinski definition) is 5. The molecule has 1 saturated carbocycles. The molecule has 0 spiro atoms. The third-order valence-electron chi connectivity index (χ3n) is 2.12. The van der Waals surface area contributed by atoms with E-state index in [0.29, 0.717) is 0 Å². The van der Waals surface area contributed by atoms with E-state index in [2.05, 4.69) is 10.1 Å². The first-order chi connectivity index (χ1) is 6.22. The molecule has 2 rings (SSSR count). The maximum absolute atomic E-state index is 10.2. The van der Waals surface area contributed by atoms with Gasteiger partial charge in [0.2, 0.25) is 6.33 Å². The molecule has 0 radical (unpaired) electrons. The molecule has 7 nitrogen and oxygen atoms in total. The summed E-state index contributed by atoms with van der Waals surface area (Å²) < 4.78 is 1.44. The average molecular weight is 184 g/mol. The number of aliphatic hydroxyl groups excluding tert-OH is 1. The Labute approximate surface area is 73.2 Å². The molecular weight excluding hydrogens is 176 g/mol. The maximum atomic E-state index is 10.2. The van der Waals surface area contributed by atoms with Gasteiger partial charge in [0.25, 0.3) is 0 Å². The van der Waals surface area contributed by atoms with Crippen molar-refractivity contribution in [3.8, 4) is 0 Å². The highest BCUT2D eigenvalue weighted by Crippen LogP contribution is 2.42. The van der Waals surface area contributed by atoms with Crippen molar-refractivity contribution in [2.24, 2.45) is 5.92 Å². The molecule has 0 aliphatic heterocycles. The predicted molar refractivity (Wildman–Crippen MR) is 40.9 cm³/mol. The third kappa shape index (κ3) is 1.37. The van der Waals surface area contributed by atoms with E-state index >= 15 is 0 Å². The van der Waals surface area contributed by atoms with E-state index in [1.54, 1.807) is 0 Å². The summed E-state index contributed by atoms with van der Waals surface area (Å²) >= 11 is 0. The molecule has 1 aromatic heterocycles. The van der Waals surface area contributed by atoms with Gasteiger partial charge in [-0.05, 0) is 11.3 Å². The molecule has 2 unspecified atom stereocenters. The molecule has 70 valence electrons. The third-order valence-corrected chi connectivity index (χ3v) is 2.12. The second-order valence-corrected chi connectivity index (χ2v) is 3.03. The highest BCUT2D eigenvalue weighted by molar-refractivity contribution is 5.01. The van der Waals surface area contributed by atoms with Crippen molar-refractivity contribution >= 4 is 5.95 Å². The van der Waals surface area contributed by atoms with Gasteiger partial charge in [-0.2, -0.15) is 4.68 Å². The number of rotatable bonds is 3. The van der Waals surface area contributed by atoms with E-state index in [0.717, 1.165) is 6.42 Å². The summed E-state index contributed by atoms with van der Waals surface area (Å²) in [5.41, 5.74) is 0. The molecule has 0 amide bonds. The fourth-order valence-corrected chi connectivity index (χ4v) is 1.26. The van der Waals surface area contributed by atoms with Crippen molar-refractivity contribution in [2.45, 2.75) is 12.5 Å². The zero-order valence-electron chi connectivity index (χ0n) is 6.70. The van der Waals surface area contributed by atoms with Crippen LogP contribution in [0.5, 0.6) is 0 Å².